The normalized spacial score (nSPS) is 18.0. The SMILES string of the molecule is CCOc1cc(N)c(Cl)cc1C(=O)NCC1CN(Cc2ccc(F)cc2)CCO1.COc1cc(N)c(Cl)cc1C(=O)NC1CCN(CCCOc2ccc(F)cc2)CC1OC. The Hall–Kier alpha value is -4.90. The van der Waals surface area contributed by atoms with Crippen molar-refractivity contribution in [2.75, 3.05) is 84.8 Å². The maximum atomic E-state index is 13.1. The molecular formula is C44H54Cl2F2N6O7. The molecule has 0 aromatic heterocycles. The number of halogens is 4. The van der Waals surface area contributed by atoms with E-state index in [1.54, 1.807) is 43.5 Å². The number of nitrogen functional groups attached to an aromatic ring is 2. The van der Waals surface area contributed by atoms with Gasteiger partial charge in [0.2, 0.25) is 0 Å². The number of benzene rings is 4. The van der Waals surface area contributed by atoms with Crippen molar-refractivity contribution in [1.82, 2.24) is 20.4 Å². The van der Waals surface area contributed by atoms with Crippen LogP contribution < -0.4 is 36.3 Å². The van der Waals surface area contributed by atoms with Gasteiger partial charge in [0.1, 0.15) is 28.9 Å². The maximum absolute atomic E-state index is 13.1. The minimum absolute atomic E-state index is 0.139. The average Bonchev–Trinajstić information content (AvgIpc) is 3.25. The molecule has 6 rings (SSSR count). The molecule has 2 heterocycles. The summed E-state index contributed by atoms with van der Waals surface area (Å²) in [4.78, 5) is 30.0. The first kappa shape index (κ1) is 47.2. The lowest BCUT2D eigenvalue weighted by Crippen LogP contribution is -2.55. The minimum Gasteiger partial charge on any atom is -0.496 e. The number of ether oxygens (including phenoxy) is 5. The molecule has 3 atom stereocenters. The number of nitrogens with one attached hydrogen (secondary N) is 2. The summed E-state index contributed by atoms with van der Waals surface area (Å²) in [5.74, 6) is 0.320. The van der Waals surface area contributed by atoms with Crippen LogP contribution >= 0.6 is 23.2 Å². The lowest BCUT2D eigenvalue weighted by atomic mass is 10.0. The highest BCUT2D eigenvalue weighted by atomic mass is 35.5. The molecule has 0 aliphatic carbocycles. The molecule has 2 amide bonds. The quantitative estimate of drug-likeness (QED) is 0.0723. The number of carbonyl (C=O) groups excluding carboxylic acids is 2. The van der Waals surface area contributed by atoms with Crippen molar-refractivity contribution < 1.29 is 42.1 Å². The summed E-state index contributed by atoms with van der Waals surface area (Å²) in [6.45, 7) is 8.20. The van der Waals surface area contributed by atoms with Gasteiger partial charge in [-0.15, -0.1) is 0 Å². The zero-order valence-corrected chi connectivity index (χ0v) is 36.1. The van der Waals surface area contributed by atoms with Gasteiger partial charge in [0, 0.05) is 65.1 Å². The van der Waals surface area contributed by atoms with Crippen LogP contribution in [0.15, 0.2) is 72.8 Å². The van der Waals surface area contributed by atoms with Crippen LogP contribution in [0.1, 0.15) is 46.0 Å². The molecule has 2 saturated heterocycles. The van der Waals surface area contributed by atoms with Crippen LogP contribution in [0.5, 0.6) is 17.2 Å². The van der Waals surface area contributed by atoms with E-state index in [0.29, 0.717) is 95.8 Å². The van der Waals surface area contributed by atoms with Gasteiger partial charge in [-0.05, 0) is 73.9 Å². The number of piperidine rings is 1. The molecule has 6 N–H and O–H groups in total. The highest BCUT2D eigenvalue weighted by Crippen LogP contribution is 2.30. The predicted molar refractivity (Wildman–Crippen MR) is 233 cm³/mol. The van der Waals surface area contributed by atoms with Gasteiger partial charge >= 0.3 is 0 Å². The molecular weight excluding hydrogens is 833 g/mol. The van der Waals surface area contributed by atoms with Crippen molar-refractivity contribution in [3.05, 3.63) is 111 Å². The van der Waals surface area contributed by atoms with Gasteiger partial charge < -0.3 is 50.7 Å². The minimum atomic E-state index is -0.297. The number of nitrogens with zero attached hydrogens (tertiary/aromatic N) is 2. The number of carbonyl (C=O) groups is 2. The monoisotopic (exact) mass is 886 g/mol. The van der Waals surface area contributed by atoms with Crippen molar-refractivity contribution >= 4 is 46.4 Å². The summed E-state index contributed by atoms with van der Waals surface area (Å²) in [5, 5.41) is 6.54. The Morgan fingerprint density at radius 1 is 0.836 bits per heavy atom. The largest absolute Gasteiger partial charge is 0.496 e. The Kier molecular flexibility index (Phi) is 18.1. The molecule has 0 saturated carbocycles. The van der Waals surface area contributed by atoms with Crippen LogP contribution in [0, 0.1) is 11.6 Å². The number of morpholine rings is 1. The first-order valence-corrected chi connectivity index (χ1v) is 20.8. The number of amides is 2. The second-order valence-corrected chi connectivity index (χ2v) is 15.4. The molecule has 61 heavy (non-hydrogen) atoms. The molecule has 2 fully saturated rings. The number of likely N-dealkylation sites (tertiary alicyclic amines) is 1. The van der Waals surface area contributed by atoms with Crippen molar-refractivity contribution in [3.8, 4) is 17.2 Å². The third-order valence-corrected chi connectivity index (χ3v) is 10.9. The zero-order chi connectivity index (χ0) is 43.9. The topological polar surface area (TPSA) is 163 Å². The Balaban J connectivity index is 0.000000232. The van der Waals surface area contributed by atoms with Crippen molar-refractivity contribution in [2.45, 2.75) is 44.6 Å². The van der Waals surface area contributed by atoms with Crippen LogP contribution in [-0.2, 0) is 16.0 Å². The lowest BCUT2D eigenvalue weighted by molar-refractivity contribution is -0.0292. The summed E-state index contributed by atoms with van der Waals surface area (Å²) >= 11 is 12.2. The van der Waals surface area contributed by atoms with Crippen LogP contribution in [-0.4, -0.2) is 113 Å². The van der Waals surface area contributed by atoms with Crippen LogP contribution in [0.25, 0.3) is 0 Å². The van der Waals surface area contributed by atoms with E-state index < -0.39 is 0 Å². The van der Waals surface area contributed by atoms with E-state index >= 15 is 0 Å². The number of nitrogens with two attached hydrogens (primary N) is 2. The average molecular weight is 888 g/mol. The Morgan fingerprint density at radius 3 is 2.11 bits per heavy atom. The van der Waals surface area contributed by atoms with E-state index in [0.717, 1.165) is 38.0 Å². The van der Waals surface area contributed by atoms with Gasteiger partial charge in [-0.3, -0.25) is 14.5 Å². The van der Waals surface area contributed by atoms with Gasteiger partial charge in [0.25, 0.3) is 11.8 Å². The fraction of sp³-hybridized carbons (Fsp3) is 0.409. The van der Waals surface area contributed by atoms with Gasteiger partial charge in [-0.2, -0.15) is 0 Å². The van der Waals surface area contributed by atoms with E-state index in [2.05, 4.69) is 20.4 Å². The molecule has 17 heteroatoms. The Labute approximate surface area is 365 Å². The summed E-state index contributed by atoms with van der Waals surface area (Å²) in [5.41, 5.74) is 14.0. The summed E-state index contributed by atoms with van der Waals surface area (Å²) in [6, 6.07) is 18.5. The molecule has 3 unspecified atom stereocenters. The molecule has 2 aliphatic heterocycles. The van der Waals surface area contributed by atoms with Crippen molar-refractivity contribution in [3.63, 3.8) is 0 Å². The molecule has 0 spiro atoms. The summed E-state index contributed by atoms with van der Waals surface area (Å²) in [6.07, 6.45) is 1.27. The molecule has 2 aliphatic rings. The van der Waals surface area contributed by atoms with E-state index in [1.807, 2.05) is 6.92 Å². The number of hydrogen-bond donors (Lipinski definition) is 4. The van der Waals surface area contributed by atoms with Gasteiger partial charge in [0.15, 0.2) is 0 Å². The Bertz CT molecular complexity index is 2050. The van der Waals surface area contributed by atoms with Crippen LogP contribution in [0.2, 0.25) is 10.0 Å². The van der Waals surface area contributed by atoms with Crippen molar-refractivity contribution in [2.24, 2.45) is 0 Å². The van der Waals surface area contributed by atoms with Crippen LogP contribution in [0.4, 0.5) is 20.2 Å². The summed E-state index contributed by atoms with van der Waals surface area (Å²) < 4.78 is 53.9. The summed E-state index contributed by atoms with van der Waals surface area (Å²) in [7, 11) is 3.13. The molecule has 0 bridgehead atoms. The highest BCUT2D eigenvalue weighted by Gasteiger charge is 2.31. The Morgan fingerprint density at radius 2 is 1.48 bits per heavy atom. The molecule has 4 aromatic rings. The van der Waals surface area contributed by atoms with Gasteiger partial charge in [-0.25, -0.2) is 8.78 Å². The second-order valence-electron chi connectivity index (χ2n) is 14.5. The van der Waals surface area contributed by atoms with Crippen LogP contribution in [0.3, 0.4) is 0 Å². The number of hydrogen-bond acceptors (Lipinski definition) is 11. The van der Waals surface area contributed by atoms with Gasteiger partial charge in [0.05, 0.1) is 77.7 Å². The zero-order valence-electron chi connectivity index (χ0n) is 34.6. The number of methoxy groups -OCH3 is 2. The van der Waals surface area contributed by atoms with E-state index in [4.69, 9.17) is 58.4 Å². The van der Waals surface area contributed by atoms with Gasteiger partial charge in [-0.1, -0.05) is 35.3 Å². The van der Waals surface area contributed by atoms with E-state index in [9.17, 15) is 18.4 Å². The molecule has 4 aromatic carbocycles. The molecule has 0 radical (unpaired) electrons. The number of rotatable bonds is 16. The van der Waals surface area contributed by atoms with E-state index in [1.165, 1.54) is 43.5 Å². The molecule has 13 nitrogen and oxygen atoms in total. The molecule has 330 valence electrons. The fourth-order valence-corrected chi connectivity index (χ4v) is 7.30. The number of anilines is 2. The highest BCUT2D eigenvalue weighted by molar-refractivity contribution is 6.34. The van der Waals surface area contributed by atoms with E-state index in [-0.39, 0.29) is 41.7 Å². The third-order valence-electron chi connectivity index (χ3n) is 10.2. The second kappa shape index (κ2) is 23.4. The van der Waals surface area contributed by atoms with Crippen molar-refractivity contribution in [1.29, 1.82) is 0 Å². The maximum Gasteiger partial charge on any atom is 0.255 e. The third kappa shape index (κ3) is 14.1. The lowest BCUT2D eigenvalue weighted by Gasteiger charge is -2.38. The fourth-order valence-electron chi connectivity index (χ4n) is 6.98. The first-order chi connectivity index (χ1) is 29.4. The first-order valence-electron chi connectivity index (χ1n) is 20.0. The standard InChI is InChI=1S/C23H29ClFN3O4.C21H25ClFN3O3/c1-30-21-13-19(26)18(24)12-17(21)23(29)27-20-8-10-28(14-22(20)31-2)9-3-11-32-16-6-4-15(25)5-7-16;1-2-28-20-10-19(24)18(22)9-17(20)21(27)25-11-16-13-26(7-8-29-16)12-14-3-5-15(23)6-4-14/h4-7,12-13,20,22H,3,8-11,14,26H2,1-2H3,(H,27,29);3-6,9-10,16H,2,7-8,11-13,24H2,1H3,(H,25,27). The smallest absolute Gasteiger partial charge is 0.255 e. The predicted octanol–water partition coefficient (Wildman–Crippen LogP) is 6.45.